The lowest BCUT2D eigenvalue weighted by atomic mass is 9.87. The first-order valence-corrected chi connectivity index (χ1v) is 8.68. The van der Waals surface area contributed by atoms with E-state index < -0.39 is 5.82 Å². The van der Waals surface area contributed by atoms with Crippen LogP contribution < -0.4 is 0 Å². The number of nitrogens with zero attached hydrogens (tertiary/aromatic N) is 2. The Morgan fingerprint density at radius 1 is 1.35 bits per heavy atom. The molecule has 2 aliphatic rings. The highest BCUT2D eigenvalue weighted by Crippen LogP contribution is 2.26. The Morgan fingerprint density at radius 2 is 2.12 bits per heavy atom. The lowest BCUT2D eigenvalue weighted by Crippen LogP contribution is -2.40. The number of hydrogen-bond acceptors (Lipinski definition) is 2. The van der Waals surface area contributed by atoms with Crippen LogP contribution in [0.3, 0.4) is 0 Å². The van der Waals surface area contributed by atoms with Crippen LogP contribution in [0.25, 0.3) is 0 Å². The van der Waals surface area contributed by atoms with E-state index in [1.165, 1.54) is 24.3 Å². The van der Waals surface area contributed by atoms with Crippen molar-refractivity contribution in [2.24, 2.45) is 10.9 Å². The normalized spacial score (nSPS) is 18.5. The van der Waals surface area contributed by atoms with E-state index in [-0.39, 0.29) is 35.3 Å². The monoisotopic (exact) mass is 372 g/mol. The fraction of sp³-hybridized carbons (Fsp3) is 0.250. The molecule has 2 amide bonds. The maximum Gasteiger partial charge on any atom is 0.270 e. The van der Waals surface area contributed by atoms with Gasteiger partial charge in [0.25, 0.3) is 11.8 Å². The Labute approximate surface area is 156 Å². The number of hydrogen-bond donors (Lipinski definition) is 0. The van der Waals surface area contributed by atoms with Gasteiger partial charge in [-0.25, -0.2) is 9.38 Å². The van der Waals surface area contributed by atoms with Crippen molar-refractivity contribution in [2.45, 2.75) is 19.9 Å². The highest BCUT2D eigenvalue weighted by Gasteiger charge is 2.28. The van der Waals surface area contributed by atoms with Gasteiger partial charge in [0.05, 0.1) is 10.7 Å². The largest absolute Gasteiger partial charge is 0.332 e. The fourth-order valence-electron chi connectivity index (χ4n) is 2.98. The molecule has 1 atom stereocenters. The summed E-state index contributed by atoms with van der Waals surface area (Å²) in [6.07, 6.45) is 8.97. The van der Waals surface area contributed by atoms with Crippen LogP contribution in [-0.2, 0) is 4.79 Å². The second-order valence-electron chi connectivity index (χ2n) is 6.47. The van der Waals surface area contributed by atoms with Crippen molar-refractivity contribution in [1.29, 1.82) is 0 Å². The first-order chi connectivity index (χ1) is 12.4. The van der Waals surface area contributed by atoms with E-state index >= 15 is 0 Å². The average Bonchev–Trinajstić information content (AvgIpc) is 2.60. The van der Waals surface area contributed by atoms with Gasteiger partial charge in [0.1, 0.15) is 5.82 Å². The number of benzene rings is 1. The molecule has 4 nitrogen and oxygen atoms in total. The number of fused-ring (bicyclic) bond motifs is 1. The Morgan fingerprint density at radius 3 is 2.81 bits per heavy atom. The zero-order chi connectivity index (χ0) is 18.8. The van der Waals surface area contributed by atoms with Crippen molar-refractivity contribution in [2.75, 3.05) is 6.54 Å². The van der Waals surface area contributed by atoms with Gasteiger partial charge in [-0.1, -0.05) is 29.8 Å². The molecule has 0 bridgehead atoms. The molecule has 0 fully saturated rings. The minimum Gasteiger partial charge on any atom is -0.332 e. The summed E-state index contributed by atoms with van der Waals surface area (Å²) in [6.45, 7) is 4.05. The van der Waals surface area contributed by atoms with Gasteiger partial charge in [-0.3, -0.25) is 9.59 Å². The molecule has 0 spiro atoms. The zero-order valence-electron chi connectivity index (χ0n) is 14.4. The highest BCUT2D eigenvalue weighted by atomic mass is 35.5. The van der Waals surface area contributed by atoms with Gasteiger partial charge in [0, 0.05) is 30.1 Å². The number of carbonyl (C=O) groups is 2. The molecule has 0 saturated carbocycles. The predicted molar refractivity (Wildman–Crippen MR) is 99.9 cm³/mol. The third-order valence-corrected chi connectivity index (χ3v) is 4.64. The highest BCUT2D eigenvalue weighted by molar-refractivity contribution is 6.31. The Bertz CT molecular complexity index is 884. The number of dihydropyridines is 1. The standard InChI is InChI=1S/C20H18ClFN2O2/c1-12(2)24(20(26)13-7-8-17(22)16(21)9-13)11-14-10-19(25)23-18-6-4-3-5-15(14)18/h3-10,12,15H,11H2,1-2H3. The van der Waals surface area contributed by atoms with Crippen LogP contribution in [0, 0.1) is 11.7 Å². The van der Waals surface area contributed by atoms with Gasteiger partial charge in [-0.15, -0.1) is 0 Å². The van der Waals surface area contributed by atoms with Crippen molar-refractivity contribution in [3.05, 3.63) is 70.6 Å². The van der Waals surface area contributed by atoms with Gasteiger partial charge < -0.3 is 4.90 Å². The minimum absolute atomic E-state index is 0.0959. The molecule has 1 unspecified atom stereocenters. The van der Waals surface area contributed by atoms with E-state index in [1.807, 2.05) is 32.1 Å². The zero-order valence-corrected chi connectivity index (χ0v) is 15.2. The third kappa shape index (κ3) is 3.68. The van der Waals surface area contributed by atoms with E-state index in [4.69, 9.17) is 11.6 Å². The van der Waals surface area contributed by atoms with Crippen LogP contribution in [-0.4, -0.2) is 35.0 Å². The van der Waals surface area contributed by atoms with Crippen LogP contribution >= 0.6 is 11.6 Å². The molecular weight excluding hydrogens is 355 g/mol. The van der Waals surface area contributed by atoms with Crippen LogP contribution in [0.2, 0.25) is 5.02 Å². The molecule has 134 valence electrons. The molecule has 0 radical (unpaired) electrons. The van der Waals surface area contributed by atoms with Crippen molar-refractivity contribution in [3.63, 3.8) is 0 Å². The molecule has 1 heterocycles. The number of aliphatic imine (C=N–C) groups is 1. The Kier molecular flexibility index (Phi) is 5.18. The maximum absolute atomic E-state index is 13.4. The summed E-state index contributed by atoms with van der Waals surface area (Å²) in [5.74, 6) is -1.29. The minimum atomic E-state index is -0.570. The summed E-state index contributed by atoms with van der Waals surface area (Å²) >= 11 is 5.81. The molecule has 1 aromatic carbocycles. The lowest BCUT2D eigenvalue weighted by molar-refractivity contribution is -0.113. The Balaban J connectivity index is 1.88. The van der Waals surface area contributed by atoms with Gasteiger partial charge in [-0.05, 0) is 43.7 Å². The molecule has 6 heteroatoms. The molecule has 1 aromatic rings. The van der Waals surface area contributed by atoms with E-state index in [2.05, 4.69) is 4.99 Å². The summed E-state index contributed by atoms with van der Waals surface area (Å²) in [5.41, 5.74) is 1.78. The summed E-state index contributed by atoms with van der Waals surface area (Å²) in [5, 5.41) is -0.0959. The van der Waals surface area contributed by atoms with Crippen LogP contribution in [0.1, 0.15) is 24.2 Å². The number of amides is 2. The van der Waals surface area contributed by atoms with E-state index in [0.29, 0.717) is 11.3 Å². The van der Waals surface area contributed by atoms with E-state index in [1.54, 1.807) is 11.0 Å². The van der Waals surface area contributed by atoms with Crippen molar-refractivity contribution in [1.82, 2.24) is 4.90 Å². The molecule has 26 heavy (non-hydrogen) atoms. The van der Waals surface area contributed by atoms with Gasteiger partial charge in [-0.2, -0.15) is 0 Å². The molecule has 3 rings (SSSR count). The number of rotatable bonds is 4. The maximum atomic E-state index is 13.4. The van der Waals surface area contributed by atoms with Crippen LogP contribution in [0.5, 0.6) is 0 Å². The van der Waals surface area contributed by atoms with Crippen molar-refractivity contribution < 1.29 is 14.0 Å². The number of allylic oxidation sites excluding steroid dienone is 4. The lowest BCUT2D eigenvalue weighted by Gasteiger charge is -2.31. The first-order valence-electron chi connectivity index (χ1n) is 8.30. The number of carbonyl (C=O) groups excluding carboxylic acids is 2. The second kappa shape index (κ2) is 7.38. The summed E-state index contributed by atoms with van der Waals surface area (Å²) < 4.78 is 13.4. The van der Waals surface area contributed by atoms with Crippen LogP contribution in [0.4, 0.5) is 4.39 Å². The second-order valence-corrected chi connectivity index (χ2v) is 6.88. The Hall–Kier alpha value is -2.53. The SMILES string of the molecule is CC(C)N(CC1=CC(=O)N=C2C=CC=CC12)C(=O)c1ccc(F)c(Cl)c1. The molecule has 0 aromatic heterocycles. The summed E-state index contributed by atoms with van der Waals surface area (Å²) in [7, 11) is 0. The molecular formula is C20H18ClFN2O2. The quantitative estimate of drug-likeness (QED) is 0.802. The smallest absolute Gasteiger partial charge is 0.270 e. The average molecular weight is 373 g/mol. The fourth-order valence-corrected chi connectivity index (χ4v) is 3.17. The molecule has 0 saturated heterocycles. The summed E-state index contributed by atoms with van der Waals surface area (Å²) in [6, 6.07) is 3.80. The van der Waals surface area contributed by atoms with Gasteiger partial charge in [0.15, 0.2) is 0 Å². The molecule has 1 aliphatic heterocycles. The van der Waals surface area contributed by atoms with Crippen molar-refractivity contribution >= 4 is 29.1 Å². The van der Waals surface area contributed by atoms with E-state index in [9.17, 15) is 14.0 Å². The van der Waals surface area contributed by atoms with Crippen molar-refractivity contribution in [3.8, 4) is 0 Å². The van der Waals surface area contributed by atoms with Crippen LogP contribution in [0.15, 0.2) is 59.1 Å². The van der Waals surface area contributed by atoms with E-state index in [0.717, 1.165) is 5.57 Å². The number of halogens is 2. The first kappa shape index (κ1) is 18.3. The predicted octanol–water partition coefficient (Wildman–Crippen LogP) is 3.98. The third-order valence-electron chi connectivity index (χ3n) is 4.35. The topological polar surface area (TPSA) is 49.7 Å². The molecule has 0 N–H and O–H groups in total. The van der Waals surface area contributed by atoms with Gasteiger partial charge in [0.2, 0.25) is 0 Å². The molecule has 1 aliphatic carbocycles. The van der Waals surface area contributed by atoms with Gasteiger partial charge >= 0.3 is 0 Å². The summed E-state index contributed by atoms with van der Waals surface area (Å²) in [4.78, 5) is 30.5.